The van der Waals surface area contributed by atoms with Crippen molar-refractivity contribution in [3.8, 4) is 17.4 Å². The number of carbonyl (C=O) groups is 1. The third kappa shape index (κ3) is 4.13. The van der Waals surface area contributed by atoms with E-state index in [0.717, 1.165) is 11.3 Å². The van der Waals surface area contributed by atoms with Crippen LogP contribution in [0.25, 0.3) is 0 Å². The largest absolute Gasteiger partial charge is 0.506 e. The molecular weight excluding hydrogens is 355 g/mol. The third-order valence-corrected chi connectivity index (χ3v) is 3.98. The Hall–Kier alpha value is -1.92. The number of aromatic nitrogens is 2. The van der Waals surface area contributed by atoms with Gasteiger partial charge in [0.25, 0.3) is 0 Å². The highest BCUT2D eigenvalue weighted by molar-refractivity contribution is 6.36. The zero-order chi connectivity index (χ0) is 17.9. The van der Waals surface area contributed by atoms with Gasteiger partial charge in [-0.1, -0.05) is 23.2 Å². The molecule has 0 bridgehead atoms. The first-order valence-electron chi connectivity index (χ1n) is 7.37. The molecule has 0 saturated carbocycles. The normalized spacial score (nSPS) is 10.7. The van der Waals surface area contributed by atoms with Crippen molar-refractivity contribution >= 4 is 29.2 Å². The lowest BCUT2D eigenvalue weighted by molar-refractivity contribution is -0.143. The number of carbonyl (C=O) groups excluding carboxylic acids is 1. The Labute approximate surface area is 149 Å². The minimum absolute atomic E-state index is 0.135. The Bertz CT molecular complexity index is 759. The fourth-order valence-electron chi connectivity index (χ4n) is 2.26. The Balaban J connectivity index is 2.27. The summed E-state index contributed by atoms with van der Waals surface area (Å²) in [5, 5.41) is 14.4. The number of aryl methyl sites for hydroxylation is 2. The molecule has 0 saturated heterocycles. The van der Waals surface area contributed by atoms with Crippen molar-refractivity contribution in [1.82, 2.24) is 9.78 Å². The van der Waals surface area contributed by atoms with Crippen LogP contribution in [0.5, 0.6) is 17.4 Å². The Kier molecular flexibility index (Phi) is 5.96. The maximum Gasteiger partial charge on any atom is 0.306 e. The number of phenols is 1. The second kappa shape index (κ2) is 7.77. The number of phenolic OH excluding ortho intramolecular Hbond substituents is 1. The van der Waals surface area contributed by atoms with Gasteiger partial charge < -0.3 is 14.6 Å². The highest BCUT2D eigenvalue weighted by atomic mass is 35.5. The van der Waals surface area contributed by atoms with Gasteiger partial charge in [0.15, 0.2) is 5.75 Å². The number of aromatic hydroxyl groups is 1. The van der Waals surface area contributed by atoms with Gasteiger partial charge in [0.05, 0.1) is 22.3 Å². The number of esters is 1. The van der Waals surface area contributed by atoms with Gasteiger partial charge in [0.2, 0.25) is 5.88 Å². The molecule has 2 aromatic rings. The number of nitrogens with zero attached hydrogens (tertiary/aromatic N) is 2. The predicted molar refractivity (Wildman–Crippen MR) is 91.1 cm³/mol. The number of hydrogen-bond acceptors (Lipinski definition) is 5. The summed E-state index contributed by atoms with van der Waals surface area (Å²) in [5.74, 6) is 0.274. The summed E-state index contributed by atoms with van der Waals surface area (Å²) in [7, 11) is 1.72. The standard InChI is InChI=1S/C16H18Cl2N2O4/c1-4-23-15(22)6-5-10-9(2)19-20(3)16(10)24-14-8-13(21)11(17)7-12(14)18/h7-8,21H,4-6H2,1-3H3. The van der Waals surface area contributed by atoms with Crippen molar-refractivity contribution < 1.29 is 19.4 Å². The van der Waals surface area contributed by atoms with E-state index in [2.05, 4.69) is 5.10 Å². The van der Waals surface area contributed by atoms with Crippen LogP contribution in [0.1, 0.15) is 24.6 Å². The van der Waals surface area contributed by atoms with Crippen molar-refractivity contribution in [2.75, 3.05) is 6.61 Å². The molecule has 6 nitrogen and oxygen atoms in total. The monoisotopic (exact) mass is 372 g/mol. The predicted octanol–water partition coefficient (Wildman–Crippen LogP) is 4.03. The lowest BCUT2D eigenvalue weighted by atomic mass is 10.1. The summed E-state index contributed by atoms with van der Waals surface area (Å²) >= 11 is 11.9. The van der Waals surface area contributed by atoms with Gasteiger partial charge in [-0.05, 0) is 26.3 Å². The third-order valence-electron chi connectivity index (χ3n) is 3.38. The Morgan fingerprint density at radius 1 is 1.33 bits per heavy atom. The number of ether oxygens (including phenoxy) is 2. The van der Waals surface area contributed by atoms with Gasteiger partial charge in [0, 0.05) is 25.1 Å². The van der Waals surface area contributed by atoms with Gasteiger partial charge in [-0.15, -0.1) is 0 Å². The maximum atomic E-state index is 11.6. The zero-order valence-electron chi connectivity index (χ0n) is 13.6. The first-order valence-corrected chi connectivity index (χ1v) is 8.13. The molecule has 1 N–H and O–H groups in total. The molecule has 8 heteroatoms. The van der Waals surface area contributed by atoms with Gasteiger partial charge in [0.1, 0.15) is 5.75 Å². The summed E-state index contributed by atoms with van der Waals surface area (Å²) in [4.78, 5) is 11.6. The number of halogens is 2. The van der Waals surface area contributed by atoms with Crippen LogP contribution < -0.4 is 4.74 Å². The molecule has 0 unspecified atom stereocenters. The molecule has 1 heterocycles. The van der Waals surface area contributed by atoms with Gasteiger partial charge in [-0.2, -0.15) is 5.10 Å². The van der Waals surface area contributed by atoms with E-state index in [0.29, 0.717) is 18.9 Å². The van der Waals surface area contributed by atoms with Crippen molar-refractivity contribution in [1.29, 1.82) is 0 Å². The van der Waals surface area contributed by atoms with Crippen molar-refractivity contribution in [2.24, 2.45) is 7.05 Å². The van der Waals surface area contributed by atoms with Crippen molar-refractivity contribution in [3.63, 3.8) is 0 Å². The van der Waals surface area contributed by atoms with Crippen LogP contribution >= 0.6 is 23.2 Å². The molecule has 2 rings (SSSR count). The first-order chi connectivity index (χ1) is 11.3. The van der Waals surface area contributed by atoms with E-state index >= 15 is 0 Å². The van der Waals surface area contributed by atoms with Crippen LogP contribution in [0, 0.1) is 6.92 Å². The molecule has 0 radical (unpaired) electrons. The maximum absolute atomic E-state index is 11.6. The molecule has 0 aliphatic rings. The smallest absolute Gasteiger partial charge is 0.306 e. The number of hydrogen-bond donors (Lipinski definition) is 1. The molecule has 1 aromatic carbocycles. The molecule has 0 amide bonds. The number of rotatable bonds is 6. The van der Waals surface area contributed by atoms with Crippen LogP contribution in [0.3, 0.4) is 0 Å². The van der Waals surface area contributed by atoms with Gasteiger partial charge >= 0.3 is 5.97 Å². The molecule has 130 valence electrons. The fourth-order valence-corrected chi connectivity index (χ4v) is 2.68. The van der Waals surface area contributed by atoms with E-state index < -0.39 is 0 Å². The van der Waals surface area contributed by atoms with E-state index in [4.69, 9.17) is 32.7 Å². The fraction of sp³-hybridized carbons (Fsp3) is 0.375. The molecule has 0 aliphatic heterocycles. The Morgan fingerprint density at radius 3 is 2.71 bits per heavy atom. The summed E-state index contributed by atoms with van der Waals surface area (Å²) in [6.07, 6.45) is 0.640. The molecule has 24 heavy (non-hydrogen) atoms. The van der Waals surface area contributed by atoms with Crippen LogP contribution in [0.2, 0.25) is 10.0 Å². The van der Waals surface area contributed by atoms with Crippen LogP contribution in [-0.4, -0.2) is 27.5 Å². The average Bonchev–Trinajstić information content (AvgIpc) is 2.77. The van der Waals surface area contributed by atoms with Gasteiger partial charge in [-0.25, -0.2) is 4.68 Å². The van der Waals surface area contributed by atoms with Crippen LogP contribution in [0.15, 0.2) is 12.1 Å². The minimum Gasteiger partial charge on any atom is -0.506 e. The topological polar surface area (TPSA) is 73.6 Å². The average molecular weight is 373 g/mol. The highest BCUT2D eigenvalue weighted by Crippen LogP contribution is 2.38. The highest BCUT2D eigenvalue weighted by Gasteiger charge is 2.19. The lowest BCUT2D eigenvalue weighted by Crippen LogP contribution is -2.06. The SMILES string of the molecule is CCOC(=O)CCc1c(C)nn(C)c1Oc1cc(O)c(Cl)cc1Cl. The first kappa shape index (κ1) is 18.4. The molecule has 0 spiro atoms. The molecular formula is C16H18Cl2N2O4. The van der Waals surface area contributed by atoms with E-state index in [9.17, 15) is 9.90 Å². The molecule has 0 fully saturated rings. The van der Waals surface area contributed by atoms with Crippen LogP contribution in [-0.2, 0) is 23.0 Å². The second-order valence-corrected chi connectivity index (χ2v) is 5.95. The number of benzene rings is 1. The molecule has 1 aromatic heterocycles. The van der Waals surface area contributed by atoms with E-state index in [1.54, 1.807) is 18.7 Å². The minimum atomic E-state index is -0.283. The summed E-state index contributed by atoms with van der Waals surface area (Å²) in [5.41, 5.74) is 1.52. The summed E-state index contributed by atoms with van der Waals surface area (Å²) in [6.45, 7) is 3.93. The zero-order valence-corrected chi connectivity index (χ0v) is 15.1. The molecule has 0 atom stereocenters. The van der Waals surface area contributed by atoms with Crippen molar-refractivity contribution in [2.45, 2.75) is 26.7 Å². The van der Waals surface area contributed by atoms with Crippen molar-refractivity contribution in [3.05, 3.63) is 33.4 Å². The Morgan fingerprint density at radius 2 is 2.04 bits per heavy atom. The lowest BCUT2D eigenvalue weighted by Gasteiger charge is -2.11. The van der Waals surface area contributed by atoms with E-state index in [-0.39, 0.29) is 33.9 Å². The quantitative estimate of drug-likeness (QED) is 0.774. The second-order valence-electron chi connectivity index (χ2n) is 5.13. The molecule has 0 aliphatic carbocycles. The van der Waals surface area contributed by atoms with Crippen LogP contribution in [0.4, 0.5) is 0 Å². The van der Waals surface area contributed by atoms with Gasteiger partial charge in [-0.3, -0.25) is 4.79 Å². The van der Waals surface area contributed by atoms with E-state index in [1.165, 1.54) is 12.1 Å². The summed E-state index contributed by atoms with van der Waals surface area (Å²) < 4.78 is 12.3. The summed E-state index contributed by atoms with van der Waals surface area (Å²) in [6, 6.07) is 2.73. The van der Waals surface area contributed by atoms with E-state index in [1.807, 2.05) is 6.92 Å².